The van der Waals surface area contributed by atoms with Crippen LogP contribution in [-0.2, 0) is 0 Å². The number of aromatic nitrogens is 2. The third-order valence-corrected chi connectivity index (χ3v) is 4.08. The Bertz CT molecular complexity index is 892. The highest BCUT2D eigenvalue weighted by Crippen LogP contribution is 2.44. The number of nitrogens with one attached hydrogen (secondary N) is 2. The summed E-state index contributed by atoms with van der Waals surface area (Å²) in [5.74, 6) is 1.11. The van der Waals surface area contributed by atoms with Gasteiger partial charge in [-0.25, -0.2) is 4.79 Å². The molecular formula is C16H15N3O2. The molecule has 21 heavy (non-hydrogen) atoms. The summed E-state index contributed by atoms with van der Waals surface area (Å²) in [6.45, 7) is 4.20. The summed E-state index contributed by atoms with van der Waals surface area (Å²) in [5, 5.41) is 11.3. The van der Waals surface area contributed by atoms with Crippen molar-refractivity contribution in [1.29, 1.82) is 0 Å². The second-order valence-electron chi connectivity index (χ2n) is 5.72. The normalized spacial score (nSPS) is 16.6. The van der Waals surface area contributed by atoms with E-state index in [9.17, 15) is 4.79 Å². The fourth-order valence-electron chi connectivity index (χ4n) is 3.19. The number of benzene rings is 1. The Morgan fingerprint density at radius 2 is 2.10 bits per heavy atom. The first-order valence-corrected chi connectivity index (χ1v) is 7.03. The van der Waals surface area contributed by atoms with Crippen molar-refractivity contribution >= 4 is 22.5 Å². The quantitative estimate of drug-likeness (QED) is 0.671. The van der Waals surface area contributed by atoms with Crippen LogP contribution in [0.2, 0.25) is 0 Å². The molecule has 3 heterocycles. The molecule has 0 amide bonds. The Morgan fingerprint density at radius 3 is 2.90 bits per heavy atom. The highest BCUT2D eigenvalue weighted by molar-refractivity contribution is 5.95. The van der Waals surface area contributed by atoms with Gasteiger partial charge in [0, 0.05) is 16.9 Å². The maximum atomic E-state index is 12.5. The zero-order valence-corrected chi connectivity index (χ0v) is 11.8. The predicted molar refractivity (Wildman–Crippen MR) is 81.0 cm³/mol. The van der Waals surface area contributed by atoms with Gasteiger partial charge in [0.15, 0.2) is 0 Å². The molecule has 4 rings (SSSR count). The molecule has 0 saturated carbocycles. The van der Waals surface area contributed by atoms with Crippen molar-refractivity contribution in [2.24, 2.45) is 5.92 Å². The second kappa shape index (κ2) is 4.22. The van der Waals surface area contributed by atoms with E-state index in [2.05, 4.69) is 29.4 Å². The average Bonchev–Trinajstić information content (AvgIpc) is 2.93. The Labute approximate surface area is 121 Å². The topological polar surface area (TPSA) is 70.9 Å². The van der Waals surface area contributed by atoms with Gasteiger partial charge in [-0.05, 0) is 18.1 Å². The number of H-pyrrole nitrogens is 1. The first kappa shape index (κ1) is 12.2. The van der Waals surface area contributed by atoms with E-state index in [1.807, 2.05) is 24.3 Å². The van der Waals surface area contributed by atoms with Crippen molar-refractivity contribution in [2.45, 2.75) is 19.8 Å². The van der Waals surface area contributed by atoms with Gasteiger partial charge in [0.2, 0.25) is 0 Å². The van der Waals surface area contributed by atoms with Gasteiger partial charge in [-0.2, -0.15) is 5.10 Å². The van der Waals surface area contributed by atoms with Crippen LogP contribution >= 0.6 is 0 Å². The molecular weight excluding hydrogens is 266 g/mol. The van der Waals surface area contributed by atoms with Crippen LogP contribution in [0.1, 0.15) is 30.9 Å². The van der Waals surface area contributed by atoms with E-state index in [1.165, 1.54) is 0 Å². The van der Waals surface area contributed by atoms with E-state index >= 15 is 0 Å². The zero-order valence-electron chi connectivity index (χ0n) is 11.8. The van der Waals surface area contributed by atoms with Crippen LogP contribution in [-0.4, -0.2) is 10.2 Å². The number of aromatic amines is 1. The lowest BCUT2D eigenvalue weighted by atomic mass is 9.81. The average molecular weight is 281 g/mol. The van der Waals surface area contributed by atoms with Crippen molar-refractivity contribution < 1.29 is 4.42 Å². The molecule has 3 aromatic rings. The number of hydrogen-bond acceptors (Lipinski definition) is 4. The summed E-state index contributed by atoms with van der Waals surface area (Å²) in [4.78, 5) is 12.5. The second-order valence-corrected chi connectivity index (χ2v) is 5.72. The molecule has 5 heteroatoms. The first-order chi connectivity index (χ1) is 10.2. The molecule has 2 aromatic heterocycles. The van der Waals surface area contributed by atoms with Gasteiger partial charge in [0.25, 0.3) is 0 Å². The van der Waals surface area contributed by atoms with Gasteiger partial charge < -0.3 is 9.73 Å². The Kier molecular flexibility index (Phi) is 2.45. The van der Waals surface area contributed by atoms with Crippen LogP contribution in [0.3, 0.4) is 0 Å². The summed E-state index contributed by atoms with van der Waals surface area (Å²) in [5.41, 5.74) is 2.86. The van der Waals surface area contributed by atoms with Gasteiger partial charge in [0.1, 0.15) is 11.4 Å². The fraction of sp³-hybridized carbons (Fsp3) is 0.250. The van der Waals surface area contributed by atoms with E-state index in [0.717, 1.165) is 22.5 Å². The van der Waals surface area contributed by atoms with Crippen molar-refractivity contribution in [2.75, 3.05) is 5.32 Å². The molecule has 0 fully saturated rings. The van der Waals surface area contributed by atoms with Crippen LogP contribution in [0, 0.1) is 5.92 Å². The zero-order chi connectivity index (χ0) is 14.6. The summed E-state index contributed by atoms with van der Waals surface area (Å²) in [6, 6.07) is 7.58. The predicted octanol–water partition coefficient (Wildman–Crippen LogP) is 3.36. The SMILES string of the molecule is CC(C)[C@@H]1c2cn[nH]c2Nc2c1c(=O)oc1ccccc21. The Balaban J connectivity index is 2.11. The Hall–Kier alpha value is -2.56. The maximum absolute atomic E-state index is 12.5. The molecule has 5 nitrogen and oxygen atoms in total. The summed E-state index contributed by atoms with van der Waals surface area (Å²) in [6.07, 6.45) is 1.78. The molecule has 0 spiro atoms. The largest absolute Gasteiger partial charge is 0.422 e. The summed E-state index contributed by atoms with van der Waals surface area (Å²) in [7, 11) is 0. The van der Waals surface area contributed by atoms with E-state index in [1.54, 1.807) is 6.20 Å². The van der Waals surface area contributed by atoms with Crippen LogP contribution in [0.5, 0.6) is 0 Å². The van der Waals surface area contributed by atoms with E-state index in [0.29, 0.717) is 11.1 Å². The molecule has 1 atom stereocenters. The minimum Gasteiger partial charge on any atom is -0.422 e. The van der Waals surface area contributed by atoms with Gasteiger partial charge in [0.05, 0.1) is 17.4 Å². The number of nitrogens with zero attached hydrogens (tertiary/aromatic N) is 1. The van der Waals surface area contributed by atoms with E-state index in [4.69, 9.17) is 4.42 Å². The van der Waals surface area contributed by atoms with Crippen LogP contribution < -0.4 is 10.9 Å². The smallest absolute Gasteiger partial charge is 0.342 e. The lowest BCUT2D eigenvalue weighted by Crippen LogP contribution is -2.24. The van der Waals surface area contributed by atoms with Crippen LogP contribution in [0.25, 0.3) is 11.0 Å². The molecule has 1 aromatic carbocycles. The van der Waals surface area contributed by atoms with Gasteiger partial charge in [-0.15, -0.1) is 0 Å². The Morgan fingerprint density at radius 1 is 1.29 bits per heavy atom. The summed E-state index contributed by atoms with van der Waals surface area (Å²) >= 11 is 0. The molecule has 0 radical (unpaired) electrons. The number of fused-ring (bicyclic) bond motifs is 4. The minimum atomic E-state index is -0.276. The molecule has 0 bridgehead atoms. The third-order valence-electron chi connectivity index (χ3n) is 4.08. The first-order valence-electron chi connectivity index (χ1n) is 7.03. The monoisotopic (exact) mass is 281 g/mol. The molecule has 0 saturated heterocycles. The maximum Gasteiger partial charge on any atom is 0.342 e. The van der Waals surface area contributed by atoms with Crippen molar-refractivity contribution in [3.05, 3.63) is 52.0 Å². The lowest BCUT2D eigenvalue weighted by Gasteiger charge is -2.28. The lowest BCUT2D eigenvalue weighted by molar-refractivity contribution is 0.506. The van der Waals surface area contributed by atoms with Gasteiger partial charge in [-0.1, -0.05) is 26.0 Å². The van der Waals surface area contributed by atoms with Gasteiger partial charge in [-0.3, -0.25) is 5.10 Å². The van der Waals surface area contributed by atoms with Crippen molar-refractivity contribution in [1.82, 2.24) is 10.2 Å². The number of para-hydroxylation sites is 1. The molecule has 1 aliphatic heterocycles. The van der Waals surface area contributed by atoms with E-state index in [-0.39, 0.29) is 17.5 Å². The van der Waals surface area contributed by atoms with Gasteiger partial charge >= 0.3 is 5.63 Å². The standard InChI is InChI=1S/C16H15N3O2/c1-8(2)12-10-7-17-19-15(10)18-14-9-5-3-4-6-11(9)21-16(20)13(12)14/h3-8,12H,1-2H3,(H2,17,18,19)/t12-/m1/s1. The van der Waals surface area contributed by atoms with Crippen LogP contribution in [0.4, 0.5) is 11.5 Å². The number of hydrogen-bond donors (Lipinski definition) is 2. The third kappa shape index (κ3) is 1.63. The molecule has 0 unspecified atom stereocenters. The number of anilines is 2. The fourth-order valence-corrected chi connectivity index (χ4v) is 3.19. The highest BCUT2D eigenvalue weighted by atomic mass is 16.4. The highest BCUT2D eigenvalue weighted by Gasteiger charge is 2.33. The minimum absolute atomic E-state index is 0.0177. The van der Waals surface area contributed by atoms with Crippen molar-refractivity contribution in [3.63, 3.8) is 0 Å². The van der Waals surface area contributed by atoms with Crippen molar-refractivity contribution in [3.8, 4) is 0 Å². The molecule has 1 aliphatic rings. The summed E-state index contributed by atoms with van der Waals surface area (Å²) < 4.78 is 5.51. The molecule has 0 aliphatic carbocycles. The van der Waals surface area contributed by atoms with Crippen LogP contribution in [0.15, 0.2) is 39.7 Å². The molecule has 106 valence electrons. The number of rotatable bonds is 1. The molecule has 2 N–H and O–H groups in total. The van der Waals surface area contributed by atoms with E-state index < -0.39 is 0 Å².